The van der Waals surface area contributed by atoms with Gasteiger partial charge in [-0.3, -0.25) is 0 Å². The summed E-state index contributed by atoms with van der Waals surface area (Å²) in [6.07, 6.45) is 3.07. The molecule has 4 heteroatoms. The Hall–Kier alpha value is -1.84. The molecule has 0 fully saturated rings. The van der Waals surface area contributed by atoms with Gasteiger partial charge in [0.25, 0.3) is 0 Å². The standard InChI is InChI=1S/C15H21N3O/c1-4-5-9-14-17-18-15(19-14)16-10-13-11(2)7-6-8-12(13)3/h6-8H,4-5,9-10H2,1-3H3,(H,16,18). The minimum atomic E-state index is 0.508. The smallest absolute Gasteiger partial charge is 0.315 e. The number of nitrogens with zero attached hydrogens (tertiary/aromatic N) is 2. The summed E-state index contributed by atoms with van der Waals surface area (Å²) in [6.45, 7) is 7.10. The van der Waals surface area contributed by atoms with Crippen molar-refractivity contribution >= 4 is 6.01 Å². The van der Waals surface area contributed by atoms with Crippen LogP contribution in [0.1, 0.15) is 42.3 Å². The molecule has 0 unspecified atom stereocenters. The van der Waals surface area contributed by atoms with E-state index < -0.39 is 0 Å². The van der Waals surface area contributed by atoms with Crippen molar-refractivity contribution in [3.63, 3.8) is 0 Å². The summed E-state index contributed by atoms with van der Waals surface area (Å²) in [5.74, 6) is 0.714. The fraction of sp³-hybridized carbons (Fsp3) is 0.467. The first kappa shape index (κ1) is 13.6. The van der Waals surface area contributed by atoms with Gasteiger partial charge < -0.3 is 9.73 Å². The summed E-state index contributed by atoms with van der Waals surface area (Å²) >= 11 is 0. The van der Waals surface area contributed by atoms with E-state index in [9.17, 15) is 0 Å². The number of unbranched alkanes of at least 4 members (excludes halogenated alkanes) is 1. The Balaban J connectivity index is 1.97. The van der Waals surface area contributed by atoms with Crippen LogP contribution >= 0.6 is 0 Å². The van der Waals surface area contributed by atoms with E-state index in [-0.39, 0.29) is 0 Å². The van der Waals surface area contributed by atoms with Crippen molar-refractivity contribution in [1.29, 1.82) is 0 Å². The van der Waals surface area contributed by atoms with Crippen LogP contribution in [0.4, 0.5) is 6.01 Å². The van der Waals surface area contributed by atoms with E-state index >= 15 is 0 Å². The quantitative estimate of drug-likeness (QED) is 0.860. The zero-order valence-corrected chi connectivity index (χ0v) is 11.9. The van der Waals surface area contributed by atoms with Gasteiger partial charge in [0.2, 0.25) is 5.89 Å². The minimum Gasteiger partial charge on any atom is -0.408 e. The molecule has 0 bridgehead atoms. The third kappa shape index (κ3) is 3.56. The third-order valence-electron chi connectivity index (χ3n) is 3.27. The van der Waals surface area contributed by atoms with Crippen molar-refractivity contribution in [3.8, 4) is 0 Å². The van der Waals surface area contributed by atoms with Crippen LogP contribution in [0.25, 0.3) is 0 Å². The van der Waals surface area contributed by atoms with E-state index in [4.69, 9.17) is 4.42 Å². The topological polar surface area (TPSA) is 51.0 Å². The summed E-state index contributed by atoms with van der Waals surface area (Å²) in [4.78, 5) is 0. The molecule has 2 aromatic rings. The maximum Gasteiger partial charge on any atom is 0.315 e. The summed E-state index contributed by atoms with van der Waals surface area (Å²) in [5.41, 5.74) is 3.84. The molecule has 0 amide bonds. The molecule has 4 nitrogen and oxygen atoms in total. The first-order chi connectivity index (χ1) is 9.20. The molecular formula is C15H21N3O. The fourth-order valence-corrected chi connectivity index (χ4v) is 2.05. The molecule has 0 saturated heterocycles. The monoisotopic (exact) mass is 259 g/mol. The van der Waals surface area contributed by atoms with E-state index in [0.29, 0.717) is 18.5 Å². The van der Waals surface area contributed by atoms with Crippen molar-refractivity contribution in [2.75, 3.05) is 5.32 Å². The Kier molecular flexibility index (Phi) is 4.55. The number of anilines is 1. The number of rotatable bonds is 6. The van der Waals surface area contributed by atoms with Crippen LogP contribution in [0, 0.1) is 13.8 Å². The molecular weight excluding hydrogens is 238 g/mol. The van der Waals surface area contributed by atoms with E-state index in [2.05, 4.69) is 54.5 Å². The molecule has 0 aliphatic rings. The zero-order chi connectivity index (χ0) is 13.7. The minimum absolute atomic E-state index is 0.508. The average Bonchev–Trinajstić information content (AvgIpc) is 2.84. The van der Waals surface area contributed by atoms with E-state index in [1.165, 1.54) is 16.7 Å². The number of hydrogen-bond donors (Lipinski definition) is 1. The summed E-state index contributed by atoms with van der Waals surface area (Å²) in [5, 5.41) is 11.2. The second-order valence-corrected chi connectivity index (χ2v) is 4.83. The van der Waals surface area contributed by atoms with Gasteiger partial charge in [-0.25, -0.2) is 0 Å². The normalized spacial score (nSPS) is 10.7. The molecule has 0 aliphatic carbocycles. The second kappa shape index (κ2) is 6.36. The maximum atomic E-state index is 5.55. The van der Waals surface area contributed by atoms with Crippen molar-refractivity contribution < 1.29 is 4.42 Å². The van der Waals surface area contributed by atoms with Gasteiger partial charge in [-0.1, -0.05) is 36.6 Å². The second-order valence-electron chi connectivity index (χ2n) is 4.83. The lowest BCUT2D eigenvalue weighted by molar-refractivity contribution is 0.495. The number of aryl methyl sites for hydroxylation is 3. The summed E-state index contributed by atoms with van der Waals surface area (Å²) in [6, 6.07) is 6.81. The van der Waals surface area contributed by atoms with Gasteiger partial charge in [0.05, 0.1) is 0 Å². The van der Waals surface area contributed by atoms with Crippen LogP contribution in [0.5, 0.6) is 0 Å². The number of hydrogen-bond acceptors (Lipinski definition) is 4. The molecule has 1 aromatic carbocycles. The van der Waals surface area contributed by atoms with Gasteiger partial charge in [-0.15, -0.1) is 5.10 Å². The average molecular weight is 259 g/mol. The Labute approximate surface area is 114 Å². The maximum absolute atomic E-state index is 5.55. The molecule has 0 radical (unpaired) electrons. The predicted molar refractivity (Wildman–Crippen MR) is 76.2 cm³/mol. The lowest BCUT2D eigenvalue weighted by Gasteiger charge is -2.09. The molecule has 1 heterocycles. The van der Waals surface area contributed by atoms with Crippen molar-refractivity contribution in [2.45, 2.75) is 46.6 Å². The van der Waals surface area contributed by atoms with Crippen molar-refractivity contribution in [1.82, 2.24) is 10.2 Å². The molecule has 2 rings (SSSR count). The molecule has 0 spiro atoms. The van der Waals surface area contributed by atoms with Crippen molar-refractivity contribution in [2.24, 2.45) is 0 Å². The van der Waals surface area contributed by atoms with Crippen LogP contribution in [0.15, 0.2) is 22.6 Å². The first-order valence-corrected chi connectivity index (χ1v) is 6.82. The Bertz CT molecular complexity index is 514. The SMILES string of the molecule is CCCCc1nnc(NCc2c(C)cccc2C)o1. The van der Waals surface area contributed by atoms with Crippen LogP contribution in [-0.2, 0) is 13.0 Å². The first-order valence-electron chi connectivity index (χ1n) is 6.82. The Morgan fingerprint density at radius 1 is 1.16 bits per heavy atom. The highest BCUT2D eigenvalue weighted by Gasteiger charge is 2.07. The number of aromatic nitrogens is 2. The number of nitrogens with one attached hydrogen (secondary N) is 1. The summed E-state index contributed by atoms with van der Waals surface area (Å²) in [7, 11) is 0. The molecule has 102 valence electrons. The Morgan fingerprint density at radius 3 is 2.58 bits per heavy atom. The van der Waals surface area contributed by atoms with Crippen molar-refractivity contribution in [3.05, 3.63) is 40.8 Å². The van der Waals surface area contributed by atoms with Crippen LogP contribution in [-0.4, -0.2) is 10.2 Å². The molecule has 0 aliphatic heterocycles. The van der Waals surface area contributed by atoms with E-state index in [1.807, 2.05) is 0 Å². The molecule has 0 atom stereocenters. The molecule has 1 N–H and O–H groups in total. The largest absolute Gasteiger partial charge is 0.408 e. The summed E-state index contributed by atoms with van der Waals surface area (Å²) < 4.78 is 5.55. The number of benzene rings is 1. The molecule has 0 saturated carbocycles. The van der Waals surface area contributed by atoms with E-state index in [1.54, 1.807) is 0 Å². The van der Waals surface area contributed by atoms with Gasteiger partial charge in [-0.05, 0) is 37.0 Å². The van der Waals surface area contributed by atoms with E-state index in [0.717, 1.165) is 19.3 Å². The van der Waals surface area contributed by atoms with Crippen LogP contribution in [0.3, 0.4) is 0 Å². The highest BCUT2D eigenvalue weighted by atomic mass is 16.4. The highest BCUT2D eigenvalue weighted by Crippen LogP contribution is 2.15. The van der Waals surface area contributed by atoms with Gasteiger partial charge in [0.1, 0.15) is 0 Å². The van der Waals surface area contributed by atoms with Gasteiger partial charge in [0.15, 0.2) is 0 Å². The van der Waals surface area contributed by atoms with Gasteiger partial charge >= 0.3 is 6.01 Å². The van der Waals surface area contributed by atoms with Crippen LogP contribution in [0.2, 0.25) is 0 Å². The van der Waals surface area contributed by atoms with Crippen LogP contribution < -0.4 is 5.32 Å². The lowest BCUT2D eigenvalue weighted by Crippen LogP contribution is -2.03. The van der Waals surface area contributed by atoms with Gasteiger partial charge in [-0.2, -0.15) is 0 Å². The predicted octanol–water partition coefficient (Wildman–Crippen LogP) is 3.64. The zero-order valence-electron chi connectivity index (χ0n) is 11.9. The third-order valence-corrected chi connectivity index (χ3v) is 3.27. The van der Waals surface area contributed by atoms with Gasteiger partial charge in [0, 0.05) is 13.0 Å². The fourth-order valence-electron chi connectivity index (χ4n) is 2.05. The highest BCUT2D eigenvalue weighted by molar-refractivity contribution is 5.36. The molecule has 1 aromatic heterocycles. The Morgan fingerprint density at radius 2 is 1.89 bits per heavy atom. The lowest BCUT2D eigenvalue weighted by atomic mass is 10.0. The molecule has 19 heavy (non-hydrogen) atoms.